The Morgan fingerprint density at radius 3 is 2.36 bits per heavy atom. The Labute approximate surface area is 213 Å². The molecule has 7 rings (SSSR count). The van der Waals surface area contributed by atoms with E-state index in [4.69, 9.17) is 4.98 Å². The lowest BCUT2D eigenvalue weighted by molar-refractivity contribution is -0.0570. The van der Waals surface area contributed by atoms with Crippen LogP contribution >= 0.6 is 0 Å². The van der Waals surface area contributed by atoms with Gasteiger partial charge in [0.1, 0.15) is 11.5 Å². The van der Waals surface area contributed by atoms with E-state index in [1.54, 1.807) is 12.1 Å². The minimum atomic E-state index is -1.00. The van der Waals surface area contributed by atoms with E-state index in [2.05, 4.69) is 17.2 Å². The summed E-state index contributed by atoms with van der Waals surface area (Å²) in [6.45, 7) is 2.28. The van der Waals surface area contributed by atoms with Gasteiger partial charge in [-0.05, 0) is 106 Å². The van der Waals surface area contributed by atoms with Gasteiger partial charge in [0, 0.05) is 16.8 Å². The molecule has 1 amide bonds. The number of nitrogens with zero attached hydrogens (tertiary/aromatic N) is 1. The number of carbonyl (C=O) groups is 2. The number of rotatable bonds is 7. The summed E-state index contributed by atoms with van der Waals surface area (Å²) < 4.78 is 0. The molecule has 0 atom stereocenters. The number of anilines is 1. The maximum Gasteiger partial charge on any atom is 0.335 e. The predicted octanol–water partition coefficient (Wildman–Crippen LogP) is 6.73. The molecular formula is C30H39N3O3. The molecule has 5 saturated carbocycles. The molecule has 1 aromatic carbocycles. The van der Waals surface area contributed by atoms with Crippen LogP contribution in [0.5, 0.6) is 0 Å². The van der Waals surface area contributed by atoms with Crippen molar-refractivity contribution in [3.05, 3.63) is 47.0 Å². The Morgan fingerprint density at radius 1 is 1.06 bits per heavy atom. The molecule has 0 spiro atoms. The van der Waals surface area contributed by atoms with Crippen LogP contribution in [-0.4, -0.2) is 27.0 Å². The van der Waals surface area contributed by atoms with Crippen LogP contribution in [-0.2, 0) is 11.8 Å². The lowest BCUT2D eigenvalue weighted by atomic mass is 9.48. The normalized spacial score (nSPS) is 30.3. The third-order valence-corrected chi connectivity index (χ3v) is 9.96. The predicted molar refractivity (Wildman–Crippen MR) is 139 cm³/mol. The number of benzene rings is 1. The number of aromatic carboxylic acids is 1. The third-order valence-electron chi connectivity index (χ3n) is 9.96. The first-order chi connectivity index (χ1) is 17.3. The zero-order valence-electron chi connectivity index (χ0n) is 21.4. The van der Waals surface area contributed by atoms with Crippen LogP contribution < -0.4 is 5.32 Å². The standard InChI is InChI=1S/C30H39N3O3/c1-29(9-3-2-4-10-29)28-32-24(8-11-30-16-19-12-20(17-30)14-21(13-19)18-30)25(33-28)26(34)31-23-7-5-6-22(15-23)27(35)36/h5-7,15,19-21H,2-4,8-14,16-18H2,1H3,(H,31,34)(H,32,33)(H,35,36). The fraction of sp³-hybridized carbons (Fsp3) is 0.633. The molecule has 5 aliphatic rings. The molecule has 0 unspecified atom stereocenters. The van der Waals surface area contributed by atoms with Gasteiger partial charge in [0.05, 0.1) is 5.56 Å². The second kappa shape index (κ2) is 9.04. The van der Waals surface area contributed by atoms with Crippen LogP contribution in [0.4, 0.5) is 5.69 Å². The van der Waals surface area contributed by atoms with E-state index in [1.807, 2.05) is 0 Å². The van der Waals surface area contributed by atoms with Gasteiger partial charge in [0.2, 0.25) is 0 Å². The number of aryl methyl sites for hydroxylation is 1. The van der Waals surface area contributed by atoms with Crippen LogP contribution in [0.2, 0.25) is 0 Å². The van der Waals surface area contributed by atoms with E-state index >= 15 is 0 Å². The Kier molecular flexibility index (Phi) is 5.96. The van der Waals surface area contributed by atoms with Gasteiger partial charge in [-0.15, -0.1) is 0 Å². The first-order valence-corrected chi connectivity index (χ1v) is 14.0. The topological polar surface area (TPSA) is 95.1 Å². The number of amides is 1. The lowest BCUT2D eigenvalue weighted by Gasteiger charge is -2.57. The molecule has 5 fully saturated rings. The number of H-pyrrole nitrogens is 1. The van der Waals surface area contributed by atoms with Gasteiger partial charge in [-0.25, -0.2) is 9.78 Å². The summed E-state index contributed by atoms with van der Waals surface area (Å²) in [5.41, 5.74) is 2.52. The molecule has 0 saturated heterocycles. The molecule has 2 aromatic rings. The molecule has 1 heterocycles. The summed E-state index contributed by atoms with van der Waals surface area (Å²) in [5, 5.41) is 12.3. The van der Waals surface area contributed by atoms with Crippen LogP contribution in [0.15, 0.2) is 24.3 Å². The van der Waals surface area contributed by atoms with Crippen molar-refractivity contribution >= 4 is 17.6 Å². The second-order valence-electron chi connectivity index (χ2n) is 12.8. The van der Waals surface area contributed by atoms with Crippen molar-refractivity contribution in [2.24, 2.45) is 23.2 Å². The molecule has 6 nitrogen and oxygen atoms in total. The van der Waals surface area contributed by atoms with E-state index in [0.717, 1.165) is 55.0 Å². The Bertz CT molecular complexity index is 1120. The zero-order valence-corrected chi connectivity index (χ0v) is 21.4. The van der Waals surface area contributed by atoms with Gasteiger partial charge >= 0.3 is 5.97 Å². The Morgan fingerprint density at radius 2 is 1.72 bits per heavy atom. The van der Waals surface area contributed by atoms with Crippen molar-refractivity contribution in [2.45, 2.75) is 95.8 Å². The summed E-state index contributed by atoms with van der Waals surface area (Å²) in [7, 11) is 0. The van der Waals surface area contributed by atoms with Crippen molar-refractivity contribution in [3.63, 3.8) is 0 Å². The van der Waals surface area contributed by atoms with Gasteiger partial charge in [0.15, 0.2) is 0 Å². The Hall–Kier alpha value is -2.63. The number of carbonyl (C=O) groups excluding carboxylic acids is 1. The maximum absolute atomic E-state index is 13.5. The number of carboxylic acids is 1. The van der Waals surface area contributed by atoms with E-state index in [1.165, 1.54) is 69.9 Å². The molecule has 5 aliphatic carbocycles. The smallest absolute Gasteiger partial charge is 0.335 e. The number of aromatic amines is 1. The average molecular weight is 490 g/mol. The number of hydrogen-bond acceptors (Lipinski definition) is 3. The lowest BCUT2D eigenvalue weighted by Crippen LogP contribution is -2.46. The van der Waals surface area contributed by atoms with Gasteiger partial charge < -0.3 is 15.4 Å². The summed E-state index contributed by atoms with van der Waals surface area (Å²) in [6, 6.07) is 6.43. The highest BCUT2D eigenvalue weighted by Gasteiger charge is 2.50. The molecular weight excluding hydrogens is 450 g/mol. The zero-order chi connectivity index (χ0) is 24.9. The summed E-state index contributed by atoms with van der Waals surface area (Å²) >= 11 is 0. The molecule has 36 heavy (non-hydrogen) atoms. The number of hydrogen-bond donors (Lipinski definition) is 3. The van der Waals surface area contributed by atoms with E-state index in [-0.39, 0.29) is 16.9 Å². The molecule has 3 N–H and O–H groups in total. The third kappa shape index (κ3) is 4.48. The number of carboxylic acid groups (broad SMARTS) is 1. The highest BCUT2D eigenvalue weighted by molar-refractivity contribution is 6.04. The van der Waals surface area contributed by atoms with Crippen molar-refractivity contribution in [1.82, 2.24) is 9.97 Å². The quantitative estimate of drug-likeness (QED) is 0.402. The number of nitrogens with one attached hydrogen (secondary N) is 2. The molecule has 0 radical (unpaired) electrons. The van der Waals surface area contributed by atoms with Crippen molar-refractivity contribution in [3.8, 4) is 0 Å². The second-order valence-corrected chi connectivity index (χ2v) is 12.8. The number of imidazole rings is 1. The van der Waals surface area contributed by atoms with Crippen LogP contribution in [0, 0.1) is 23.2 Å². The SMILES string of the molecule is CC1(c2nc(C(=O)Nc3cccc(C(=O)O)c3)c(CCC34CC5CC(CC(C5)C3)C4)[nH]2)CCCCC1. The largest absolute Gasteiger partial charge is 0.478 e. The van der Waals surface area contributed by atoms with Gasteiger partial charge in [0.25, 0.3) is 5.91 Å². The minimum Gasteiger partial charge on any atom is -0.478 e. The highest BCUT2D eigenvalue weighted by atomic mass is 16.4. The number of aromatic nitrogens is 2. The first kappa shape index (κ1) is 23.7. The monoisotopic (exact) mass is 489 g/mol. The van der Waals surface area contributed by atoms with E-state index in [0.29, 0.717) is 16.8 Å². The summed E-state index contributed by atoms with van der Waals surface area (Å²) in [6.07, 6.45) is 16.2. The fourth-order valence-electron chi connectivity index (χ4n) is 8.54. The minimum absolute atomic E-state index is 0.0184. The van der Waals surface area contributed by atoms with Gasteiger partial charge in [-0.3, -0.25) is 4.79 Å². The van der Waals surface area contributed by atoms with Crippen molar-refractivity contribution in [2.75, 3.05) is 5.32 Å². The summed E-state index contributed by atoms with van der Waals surface area (Å²) in [4.78, 5) is 33.5. The van der Waals surface area contributed by atoms with Crippen LogP contribution in [0.25, 0.3) is 0 Å². The molecule has 0 aliphatic heterocycles. The van der Waals surface area contributed by atoms with Crippen LogP contribution in [0.3, 0.4) is 0 Å². The van der Waals surface area contributed by atoms with Crippen molar-refractivity contribution in [1.29, 1.82) is 0 Å². The first-order valence-electron chi connectivity index (χ1n) is 14.0. The Balaban J connectivity index is 1.26. The maximum atomic E-state index is 13.5. The van der Waals surface area contributed by atoms with Crippen molar-refractivity contribution < 1.29 is 14.7 Å². The molecule has 4 bridgehead atoms. The molecule has 6 heteroatoms. The molecule has 1 aromatic heterocycles. The van der Waals surface area contributed by atoms with Gasteiger partial charge in [-0.2, -0.15) is 0 Å². The van der Waals surface area contributed by atoms with E-state index in [9.17, 15) is 14.7 Å². The highest BCUT2D eigenvalue weighted by Crippen LogP contribution is 2.61. The van der Waals surface area contributed by atoms with E-state index < -0.39 is 5.97 Å². The molecule has 192 valence electrons. The van der Waals surface area contributed by atoms with Crippen LogP contribution in [0.1, 0.15) is 116 Å². The average Bonchev–Trinajstić information content (AvgIpc) is 3.28. The fourth-order valence-corrected chi connectivity index (χ4v) is 8.54. The summed E-state index contributed by atoms with van der Waals surface area (Å²) in [5.74, 6) is 2.44. The van der Waals surface area contributed by atoms with Gasteiger partial charge in [-0.1, -0.05) is 32.3 Å².